The molecule has 0 fully saturated rings. The van der Waals surface area contributed by atoms with Crippen LogP contribution in [-0.4, -0.2) is 24.5 Å². The van der Waals surface area contributed by atoms with E-state index in [1.807, 2.05) is 19.1 Å². The van der Waals surface area contributed by atoms with E-state index in [0.717, 1.165) is 5.56 Å². The molecule has 0 atom stereocenters. The van der Waals surface area contributed by atoms with Crippen molar-refractivity contribution in [1.29, 1.82) is 0 Å². The van der Waals surface area contributed by atoms with E-state index in [1.54, 1.807) is 38.1 Å². The van der Waals surface area contributed by atoms with Crippen LogP contribution in [0.15, 0.2) is 54.6 Å². The summed E-state index contributed by atoms with van der Waals surface area (Å²) in [6.07, 6.45) is 0. The maximum atomic E-state index is 14.2. The Morgan fingerprint density at radius 2 is 1.85 bits per heavy atom. The summed E-state index contributed by atoms with van der Waals surface area (Å²) in [6.45, 7) is 5.30. The van der Waals surface area contributed by atoms with Crippen molar-refractivity contribution in [3.05, 3.63) is 77.1 Å². The van der Waals surface area contributed by atoms with E-state index in [1.165, 1.54) is 25.3 Å². The van der Waals surface area contributed by atoms with E-state index >= 15 is 0 Å². The van der Waals surface area contributed by atoms with E-state index in [2.05, 4.69) is 10.6 Å². The summed E-state index contributed by atoms with van der Waals surface area (Å²) in [5.74, 6) is -0.707. The minimum absolute atomic E-state index is 0.132. The van der Waals surface area contributed by atoms with E-state index < -0.39 is 17.3 Å². The van der Waals surface area contributed by atoms with Gasteiger partial charge >= 0.3 is 5.97 Å². The molecule has 3 aromatic rings. The Bertz CT molecular complexity index is 1250. The second-order valence-electron chi connectivity index (χ2n) is 8.51. The van der Waals surface area contributed by atoms with Gasteiger partial charge in [0, 0.05) is 11.1 Å². The highest BCUT2D eigenvalue weighted by atomic mass is 19.1. The van der Waals surface area contributed by atoms with Crippen LogP contribution in [0, 0.1) is 12.7 Å². The molecule has 1 aliphatic rings. The lowest BCUT2D eigenvalue weighted by atomic mass is 9.92. The number of carbonyl (C=O) groups excluding carboxylic acids is 2. The molecular formula is C26H25FN2O4. The lowest BCUT2D eigenvalue weighted by molar-refractivity contribution is -0.119. The maximum absolute atomic E-state index is 14.2. The molecule has 2 N–H and O–H groups in total. The predicted octanol–water partition coefficient (Wildman–Crippen LogP) is 5.31. The lowest BCUT2D eigenvalue weighted by Crippen LogP contribution is -2.47. The van der Waals surface area contributed by atoms with Crippen molar-refractivity contribution < 1.29 is 23.5 Å². The Kier molecular flexibility index (Phi) is 5.80. The molecule has 4 rings (SSSR count). The minimum Gasteiger partial charge on any atom is -0.496 e. The molecule has 33 heavy (non-hydrogen) atoms. The fourth-order valence-corrected chi connectivity index (χ4v) is 3.84. The molecule has 0 saturated heterocycles. The number of fused-ring (bicyclic) bond motifs is 1. The zero-order valence-corrected chi connectivity index (χ0v) is 18.9. The SMILES string of the molecule is COc1ccc(F)cc1-c1ccc2c(c1COC(=O)c1cccc(C)c1)NC(=O)C(C)(C)N2. The van der Waals surface area contributed by atoms with Gasteiger partial charge in [-0.05, 0) is 62.7 Å². The quantitative estimate of drug-likeness (QED) is 0.518. The van der Waals surface area contributed by atoms with Crippen molar-refractivity contribution in [2.75, 3.05) is 17.7 Å². The van der Waals surface area contributed by atoms with Gasteiger partial charge in [0.05, 0.1) is 24.0 Å². The van der Waals surface area contributed by atoms with E-state index in [0.29, 0.717) is 39.4 Å². The molecule has 3 aromatic carbocycles. The van der Waals surface area contributed by atoms with Gasteiger partial charge in [0.2, 0.25) is 5.91 Å². The van der Waals surface area contributed by atoms with Gasteiger partial charge in [-0.3, -0.25) is 4.79 Å². The second kappa shape index (κ2) is 8.58. The van der Waals surface area contributed by atoms with E-state index in [9.17, 15) is 14.0 Å². The zero-order chi connectivity index (χ0) is 23.8. The number of nitrogens with one attached hydrogen (secondary N) is 2. The monoisotopic (exact) mass is 448 g/mol. The molecule has 0 spiro atoms. The molecule has 0 aromatic heterocycles. The van der Waals surface area contributed by atoms with Gasteiger partial charge in [0.25, 0.3) is 0 Å². The van der Waals surface area contributed by atoms with Crippen LogP contribution in [0.3, 0.4) is 0 Å². The van der Waals surface area contributed by atoms with Crippen molar-refractivity contribution in [3.63, 3.8) is 0 Å². The molecule has 7 heteroatoms. The summed E-state index contributed by atoms with van der Waals surface area (Å²) in [5.41, 5.74) is 3.32. The third kappa shape index (κ3) is 4.39. The molecule has 1 amide bonds. The van der Waals surface area contributed by atoms with Gasteiger partial charge in [-0.15, -0.1) is 0 Å². The molecular weight excluding hydrogens is 423 g/mol. The number of halogens is 1. The van der Waals surface area contributed by atoms with Gasteiger partial charge in [-0.2, -0.15) is 0 Å². The van der Waals surface area contributed by atoms with Crippen molar-refractivity contribution in [3.8, 4) is 16.9 Å². The third-order valence-electron chi connectivity index (χ3n) is 5.62. The summed E-state index contributed by atoms with van der Waals surface area (Å²) >= 11 is 0. The summed E-state index contributed by atoms with van der Waals surface area (Å²) < 4.78 is 25.2. The molecule has 1 heterocycles. The number of rotatable bonds is 5. The third-order valence-corrected chi connectivity index (χ3v) is 5.62. The lowest BCUT2D eigenvalue weighted by Gasteiger charge is -2.34. The van der Waals surface area contributed by atoms with Gasteiger partial charge in [-0.25, -0.2) is 9.18 Å². The number of amides is 1. The molecule has 6 nitrogen and oxygen atoms in total. The Labute approximate surface area is 191 Å². The van der Waals surface area contributed by atoms with Crippen molar-refractivity contribution in [2.24, 2.45) is 0 Å². The zero-order valence-electron chi connectivity index (χ0n) is 18.9. The number of methoxy groups -OCH3 is 1. The normalized spacial score (nSPS) is 14.0. The number of ether oxygens (including phenoxy) is 2. The molecule has 0 bridgehead atoms. The highest BCUT2D eigenvalue weighted by Crippen LogP contribution is 2.42. The first kappa shape index (κ1) is 22.3. The maximum Gasteiger partial charge on any atom is 0.338 e. The van der Waals surface area contributed by atoms with Crippen LogP contribution >= 0.6 is 0 Å². The topological polar surface area (TPSA) is 76.7 Å². The van der Waals surface area contributed by atoms with Crippen LogP contribution in [0.5, 0.6) is 5.75 Å². The first-order chi connectivity index (χ1) is 15.7. The van der Waals surface area contributed by atoms with Crippen LogP contribution in [-0.2, 0) is 16.1 Å². The van der Waals surface area contributed by atoms with Crippen LogP contribution in [0.2, 0.25) is 0 Å². The highest BCUT2D eigenvalue weighted by molar-refractivity contribution is 6.07. The van der Waals surface area contributed by atoms with E-state index in [4.69, 9.17) is 9.47 Å². The Hall–Kier alpha value is -3.87. The van der Waals surface area contributed by atoms with Crippen molar-refractivity contribution in [1.82, 2.24) is 0 Å². The average Bonchev–Trinajstić information content (AvgIpc) is 2.78. The van der Waals surface area contributed by atoms with Crippen molar-refractivity contribution >= 4 is 23.3 Å². The number of carbonyl (C=O) groups is 2. The van der Waals surface area contributed by atoms with Gasteiger partial charge in [-0.1, -0.05) is 23.8 Å². The van der Waals surface area contributed by atoms with Gasteiger partial charge in [0.15, 0.2) is 0 Å². The number of anilines is 2. The van der Waals surface area contributed by atoms with Crippen LogP contribution in [0.1, 0.15) is 35.3 Å². The minimum atomic E-state index is -0.819. The number of hydrogen-bond donors (Lipinski definition) is 2. The number of benzene rings is 3. The molecule has 0 radical (unpaired) electrons. The molecule has 0 unspecified atom stereocenters. The van der Waals surface area contributed by atoms with E-state index in [-0.39, 0.29) is 12.5 Å². The smallest absolute Gasteiger partial charge is 0.338 e. The first-order valence-corrected chi connectivity index (χ1v) is 10.5. The fourth-order valence-electron chi connectivity index (χ4n) is 3.84. The largest absolute Gasteiger partial charge is 0.496 e. The first-order valence-electron chi connectivity index (χ1n) is 10.5. The molecule has 0 saturated carbocycles. The van der Waals surface area contributed by atoms with Gasteiger partial charge < -0.3 is 20.1 Å². The Balaban J connectivity index is 1.80. The van der Waals surface area contributed by atoms with Gasteiger partial charge in [0.1, 0.15) is 23.7 Å². The fraction of sp³-hybridized carbons (Fsp3) is 0.231. The number of esters is 1. The van der Waals surface area contributed by atoms with Crippen LogP contribution in [0.4, 0.5) is 15.8 Å². The number of hydrogen-bond acceptors (Lipinski definition) is 5. The number of aryl methyl sites for hydroxylation is 1. The average molecular weight is 448 g/mol. The highest BCUT2D eigenvalue weighted by Gasteiger charge is 2.35. The Morgan fingerprint density at radius 3 is 2.58 bits per heavy atom. The summed E-state index contributed by atoms with van der Waals surface area (Å²) in [6, 6.07) is 14.9. The molecule has 170 valence electrons. The molecule has 0 aliphatic carbocycles. The summed E-state index contributed by atoms with van der Waals surface area (Å²) in [5, 5.41) is 6.14. The standard InChI is InChI=1S/C26H25FN2O4/c1-15-6-5-7-16(12-15)24(30)33-14-20-18(19-13-17(27)8-11-22(19)32-4)9-10-21-23(20)28-25(31)26(2,3)29-21/h5-13,29H,14H2,1-4H3,(H,28,31). The molecule has 1 aliphatic heterocycles. The summed E-state index contributed by atoms with van der Waals surface area (Å²) in [7, 11) is 1.50. The van der Waals surface area contributed by atoms with Crippen LogP contribution < -0.4 is 15.4 Å². The second-order valence-corrected chi connectivity index (χ2v) is 8.51. The summed E-state index contributed by atoms with van der Waals surface area (Å²) in [4.78, 5) is 25.4. The van der Waals surface area contributed by atoms with Crippen molar-refractivity contribution in [2.45, 2.75) is 32.9 Å². The predicted molar refractivity (Wildman–Crippen MR) is 125 cm³/mol. The van der Waals surface area contributed by atoms with Crippen LogP contribution in [0.25, 0.3) is 11.1 Å². The Morgan fingerprint density at radius 1 is 1.06 bits per heavy atom.